The molecule has 4 heterocycles. The van der Waals surface area contributed by atoms with E-state index in [0.717, 1.165) is 11.1 Å². The van der Waals surface area contributed by atoms with Crippen LogP contribution in [0, 0.1) is 5.92 Å². The lowest BCUT2D eigenvalue weighted by atomic mass is 9.92. The Bertz CT molecular complexity index is 1130. The first-order valence-electron chi connectivity index (χ1n) is 9.11. The fraction of sp³-hybridized carbons (Fsp3) is 0.368. The number of amides is 1. The van der Waals surface area contributed by atoms with E-state index in [-0.39, 0.29) is 31.2 Å². The van der Waals surface area contributed by atoms with Crippen LogP contribution in [-0.2, 0) is 11.8 Å². The van der Waals surface area contributed by atoms with E-state index in [2.05, 4.69) is 10.2 Å². The van der Waals surface area contributed by atoms with Crippen LogP contribution in [0.1, 0.15) is 16.8 Å². The lowest BCUT2D eigenvalue weighted by Gasteiger charge is -2.39. The van der Waals surface area contributed by atoms with Crippen molar-refractivity contribution in [1.82, 2.24) is 24.3 Å². The number of rotatable bonds is 5. The predicted molar refractivity (Wildman–Crippen MR) is 99.0 cm³/mol. The van der Waals surface area contributed by atoms with Crippen LogP contribution >= 0.6 is 0 Å². The first-order chi connectivity index (χ1) is 14.2. The van der Waals surface area contributed by atoms with Crippen molar-refractivity contribution in [3.05, 3.63) is 36.4 Å². The number of hydrogen-bond acceptors (Lipinski definition) is 5. The molecule has 0 radical (unpaired) electrons. The van der Waals surface area contributed by atoms with Crippen molar-refractivity contribution >= 4 is 17.2 Å². The molecule has 1 amide bonds. The van der Waals surface area contributed by atoms with Gasteiger partial charge < -0.3 is 9.64 Å². The van der Waals surface area contributed by atoms with Gasteiger partial charge >= 0.3 is 12.1 Å². The zero-order valence-corrected chi connectivity index (χ0v) is 16.2. The number of methoxy groups -OCH3 is 1. The molecule has 8 nitrogen and oxygen atoms in total. The van der Waals surface area contributed by atoms with E-state index in [9.17, 15) is 22.8 Å². The molecule has 158 valence electrons. The molecule has 3 aromatic rings. The number of carbonyl (C=O) groups excluding carboxylic acids is 2. The lowest BCUT2D eigenvalue weighted by Crippen LogP contribution is -2.54. The number of aryl methyl sites for hydroxylation is 1. The first-order valence-corrected chi connectivity index (χ1v) is 9.11. The molecule has 1 fully saturated rings. The second-order valence-corrected chi connectivity index (χ2v) is 7.25. The number of ketones is 1. The van der Waals surface area contributed by atoms with Crippen LogP contribution in [0.5, 0.6) is 5.75 Å². The van der Waals surface area contributed by atoms with E-state index >= 15 is 0 Å². The van der Waals surface area contributed by atoms with Gasteiger partial charge in [0, 0.05) is 56.0 Å². The molecule has 0 saturated carbocycles. The minimum Gasteiger partial charge on any atom is -0.494 e. The molecule has 0 N–H and O–H groups in total. The van der Waals surface area contributed by atoms with Crippen molar-refractivity contribution in [3.8, 4) is 16.9 Å². The number of alkyl halides is 3. The number of hydrogen-bond donors (Lipinski definition) is 0. The minimum absolute atomic E-state index is 0.0243. The maximum atomic E-state index is 12.8. The maximum absolute atomic E-state index is 12.8. The van der Waals surface area contributed by atoms with Gasteiger partial charge in [0.1, 0.15) is 11.3 Å². The molecule has 0 aromatic carbocycles. The summed E-state index contributed by atoms with van der Waals surface area (Å²) in [6, 6.07) is 1.78. The van der Waals surface area contributed by atoms with Gasteiger partial charge in [0.05, 0.1) is 25.1 Å². The number of Topliss-reactive ketones (excluding diaryl/α,β-unsaturated/α-hetero) is 1. The fourth-order valence-corrected chi connectivity index (χ4v) is 3.59. The third kappa shape index (κ3) is 3.51. The van der Waals surface area contributed by atoms with Gasteiger partial charge in [-0.3, -0.25) is 14.3 Å². The lowest BCUT2D eigenvalue weighted by molar-refractivity contribution is -0.191. The average molecular weight is 421 g/mol. The molecular formula is C19H18F3N5O3. The van der Waals surface area contributed by atoms with Gasteiger partial charge in [0.2, 0.25) is 0 Å². The van der Waals surface area contributed by atoms with Gasteiger partial charge in [-0.1, -0.05) is 0 Å². The number of aromatic nitrogens is 4. The standard InChI is InChI=1S/C19H18F3N5O3/c1-25-9-13(5-23-25)12-4-16(30-2)17-14(6-24-27(17)10-12)15(28)3-11-7-26(8-11)18(29)19(20,21)22/h4-6,9-11H,3,7-8H2,1-2H3. The second-order valence-electron chi connectivity index (χ2n) is 7.25. The van der Waals surface area contributed by atoms with Crippen molar-refractivity contribution in [2.45, 2.75) is 12.6 Å². The smallest absolute Gasteiger partial charge is 0.471 e. The molecule has 0 aliphatic carbocycles. The maximum Gasteiger partial charge on any atom is 0.471 e. The third-order valence-corrected chi connectivity index (χ3v) is 5.10. The summed E-state index contributed by atoms with van der Waals surface area (Å²) in [7, 11) is 3.28. The quantitative estimate of drug-likeness (QED) is 0.591. The summed E-state index contributed by atoms with van der Waals surface area (Å²) in [4.78, 5) is 24.7. The Labute approximate surface area is 168 Å². The summed E-state index contributed by atoms with van der Waals surface area (Å²) in [6.45, 7) is -0.183. The Kier molecular flexibility index (Phi) is 4.75. The number of nitrogens with zero attached hydrogens (tertiary/aromatic N) is 5. The molecule has 1 aliphatic rings. The normalized spacial score (nSPS) is 14.8. The molecule has 11 heteroatoms. The molecule has 30 heavy (non-hydrogen) atoms. The zero-order chi connectivity index (χ0) is 21.6. The molecule has 0 atom stereocenters. The summed E-state index contributed by atoms with van der Waals surface area (Å²) in [5.74, 6) is -2.01. The topological polar surface area (TPSA) is 81.7 Å². The van der Waals surface area contributed by atoms with Crippen LogP contribution in [0.2, 0.25) is 0 Å². The fourth-order valence-electron chi connectivity index (χ4n) is 3.59. The molecule has 0 unspecified atom stereocenters. The van der Waals surface area contributed by atoms with Gasteiger partial charge in [0.25, 0.3) is 0 Å². The molecule has 1 aliphatic heterocycles. The highest BCUT2D eigenvalue weighted by Crippen LogP contribution is 2.32. The number of ether oxygens (including phenoxy) is 1. The Morgan fingerprint density at radius 2 is 1.90 bits per heavy atom. The zero-order valence-electron chi connectivity index (χ0n) is 16.2. The number of halogens is 3. The Morgan fingerprint density at radius 1 is 1.17 bits per heavy atom. The highest BCUT2D eigenvalue weighted by molar-refractivity contribution is 6.04. The summed E-state index contributed by atoms with van der Waals surface area (Å²) in [6.07, 6.45) is 1.83. The molecule has 0 spiro atoms. The van der Waals surface area contributed by atoms with Gasteiger partial charge in [-0.25, -0.2) is 4.52 Å². The van der Waals surface area contributed by atoms with Crippen molar-refractivity contribution in [2.24, 2.45) is 13.0 Å². The summed E-state index contributed by atoms with van der Waals surface area (Å²) < 4.78 is 46.0. The number of pyridine rings is 1. The number of carbonyl (C=O) groups is 2. The van der Waals surface area contributed by atoms with Gasteiger partial charge in [-0.15, -0.1) is 0 Å². The highest BCUT2D eigenvalue weighted by atomic mass is 19.4. The van der Waals surface area contributed by atoms with Crippen molar-refractivity contribution < 1.29 is 27.5 Å². The van der Waals surface area contributed by atoms with Crippen LogP contribution in [0.15, 0.2) is 30.9 Å². The predicted octanol–water partition coefficient (Wildman–Crippen LogP) is 2.34. The molecular weight excluding hydrogens is 403 g/mol. The highest BCUT2D eigenvalue weighted by Gasteiger charge is 2.46. The van der Waals surface area contributed by atoms with E-state index in [0.29, 0.717) is 21.7 Å². The van der Waals surface area contributed by atoms with Crippen LogP contribution < -0.4 is 4.74 Å². The summed E-state index contributed by atoms with van der Waals surface area (Å²) in [5, 5.41) is 8.38. The first kappa shape index (κ1) is 19.9. The third-order valence-electron chi connectivity index (χ3n) is 5.10. The van der Waals surface area contributed by atoms with E-state index in [1.165, 1.54) is 17.8 Å². The van der Waals surface area contributed by atoms with Crippen molar-refractivity contribution in [3.63, 3.8) is 0 Å². The van der Waals surface area contributed by atoms with Crippen LogP contribution in [-0.4, -0.2) is 62.4 Å². The van der Waals surface area contributed by atoms with Gasteiger partial charge in [-0.05, 0) is 6.07 Å². The Balaban J connectivity index is 1.54. The molecule has 4 rings (SSSR count). The summed E-state index contributed by atoms with van der Waals surface area (Å²) in [5.41, 5.74) is 2.46. The van der Waals surface area contributed by atoms with Gasteiger partial charge in [-0.2, -0.15) is 23.4 Å². The Morgan fingerprint density at radius 3 is 2.50 bits per heavy atom. The van der Waals surface area contributed by atoms with Gasteiger partial charge in [0.15, 0.2) is 5.78 Å². The van der Waals surface area contributed by atoms with Crippen LogP contribution in [0.3, 0.4) is 0 Å². The molecule has 3 aromatic heterocycles. The monoisotopic (exact) mass is 421 g/mol. The van der Waals surface area contributed by atoms with Crippen LogP contribution in [0.25, 0.3) is 16.6 Å². The van der Waals surface area contributed by atoms with E-state index in [1.807, 2.05) is 6.20 Å². The number of fused-ring (bicyclic) bond motifs is 1. The van der Waals surface area contributed by atoms with E-state index in [4.69, 9.17) is 4.74 Å². The summed E-state index contributed by atoms with van der Waals surface area (Å²) >= 11 is 0. The molecule has 1 saturated heterocycles. The largest absolute Gasteiger partial charge is 0.494 e. The number of likely N-dealkylation sites (tertiary alicyclic amines) is 1. The SMILES string of the molecule is COc1cc(-c2cnn(C)c2)cn2ncc(C(=O)CC3CN(C(=O)C(F)(F)F)C3)c12. The second kappa shape index (κ2) is 7.15. The molecule has 0 bridgehead atoms. The van der Waals surface area contributed by atoms with Crippen LogP contribution in [0.4, 0.5) is 13.2 Å². The van der Waals surface area contributed by atoms with E-state index < -0.39 is 12.1 Å². The van der Waals surface area contributed by atoms with Crippen molar-refractivity contribution in [2.75, 3.05) is 20.2 Å². The van der Waals surface area contributed by atoms with E-state index in [1.54, 1.807) is 30.2 Å². The van der Waals surface area contributed by atoms with Crippen molar-refractivity contribution in [1.29, 1.82) is 0 Å². The minimum atomic E-state index is -4.89. The Hall–Kier alpha value is -3.37. The average Bonchev–Trinajstić information content (AvgIpc) is 3.28.